The lowest BCUT2D eigenvalue weighted by molar-refractivity contribution is -0.123. The van der Waals surface area contributed by atoms with Crippen LogP contribution in [0.3, 0.4) is 0 Å². The molecule has 5 heteroatoms. The molecule has 0 fully saturated rings. The van der Waals surface area contributed by atoms with Crippen LogP contribution >= 0.6 is 0 Å². The van der Waals surface area contributed by atoms with E-state index in [9.17, 15) is 4.79 Å². The molecule has 1 amide bonds. The molecule has 112 valence electrons. The first-order valence-corrected chi connectivity index (χ1v) is 6.91. The summed E-state index contributed by atoms with van der Waals surface area (Å²) in [6.07, 6.45) is 2.02. The van der Waals surface area contributed by atoms with Gasteiger partial charge in [0.15, 0.2) is 6.61 Å². The largest absolute Gasteiger partial charge is 0.497 e. The van der Waals surface area contributed by atoms with E-state index in [0.717, 1.165) is 18.4 Å². The molecule has 0 spiro atoms. The van der Waals surface area contributed by atoms with Crippen molar-refractivity contribution in [3.8, 4) is 11.5 Å². The van der Waals surface area contributed by atoms with Gasteiger partial charge in [0.25, 0.3) is 5.91 Å². The van der Waals surface area contributed by atoms with E-state index in [2.05, 4.69) is 12.2 Å². The minimum atomic E-state index is -0.168. The van der Waals surface area contributed by atoms with Crippen LogP contribution in [0.15, 0.2) is 18.2 Å². The number of methoxy groups -OCH3 is 1. The molecule has 0 aliphatic rings. The van der Waals surface area contributed by atoms with Gasteiger partial charge in [-0.25, -0.2) is 0 Å². The van der Waals surface area contributed by atoms with Crippen molar-refractivity contribution in [1.29, 1.82) is 0 Å². The summed E-state index contributed by atoms with van der Waals surface area (Å²) in [7, 11) is 1.59. The number of rotatable bonds is 8. The zero-order chi connectivity index (χ0) is 15.0. The highest BCUT2D eigenvalue weighted by molar-refractivity contribution is 5.77. The molecule has 0 saturated heterocycles. The number of unbranched alkanes of at least 4 members (excludes halogenated alkanes) is 1. The number of carbonyl (C=O) groups excluding carboxylic acids is 1. The van der Waals surface area contributed by atoms with Crippen LogP contribution in [-0.2, 0) is 4.79 Å². The summed E-state index contributed by atoms with van der Waals surface area (Å²) in [6.45, 7) is 4.61. The number of nitrogens with two attached hydrogens (primary N) is 1. The SMILES string of the molecule is CCCCNC(=O)COc1cc(OC)ccc1C(C)N. The summed E-state index contributed by atoms with van der Waals surface area (Å²) < 4.78 is 10.7. The number of carbonyl (C=O) groups is 1. The van der Waals surface area contributed by atoms with Crippen molar-refractivity contribution in [3.63, 3.8) is 0 Å². The summed E-state index contributed by atoms with van der Waals surface area (Å²) in [5.41, 5.74) is 6.74. The van der Waals surface area contributed by atoms with Crippen LogP contribution in [0, 0.1) is 0 Å². The number of hydrogen-bond donors (Lipinski definition) is 2. The van der Waals surface area contributed by atoms with Gasteiger partial charge >= 0.3 is 0 Å². The van der Waals surface area contributed by atoms with Crippen molar-refractivity contribution in [1.82, 2.24) is 5.32 Å². The molecule has 3 N–H and O–H groups in total. The van der Waals surface area contributed by atoms with E-state index >= 15 is 0 Å². The summed E-state index contributed by atoms with van der Waals surface area (Å²) in [5.74, 6) is 1.14. The molecule has 1 atom stereocenters. The molecule has 0 aromatic heterocycles. The monoisotopic (exact) mass is 280 g/mol. The summed E-state index contributed by atoms with van der Waals surface area (Å²) in [5, 5.41) is 2.80. The minimum absolute atomic E-state index is 0.0173. The number of benzene rings is 1. The normalized spacial score (nSPS) is 11.8. The Morgan fingerprint density at radius 1 is 1.45 bits per heavy atom. The first-order chi connectivity index (χ1) is 9.58. The zero-order valence-corrected chi connectivity index (χ0v) is 12.4. The van der Waals surface area contributed by atoms with Gasteiger partial charge in [0.1, 0.15) is 11.5 Å². The van der Waals surface area contributed by atoms with Crippen molar-refractivity contribution in [2.45, 2.75) is 32.7 Å². The topological polar surface area (TPSA) is 73.6 Å². The summed E-state index contributed by atoms with van der Waals surface area (Å²) in [4.78, 5) is 11.6. The van der Waals surface area contributed by atoms with E-state index in [1.54, 1.807) is 13.2 Å². The van der Waals surface area contributed by atoms with E-state index in [4.69, 9.17) is 15.2 Å². The first kappa shape index (κ1) is 16.3. The van der Waals surface area contributed by atoms with E-state index in [1.165, 1.54) is 0 Å². The maximum Gasteiger partial charge on any atom is 0.257 e. The third-order valence-electron chi connectivity index (χ3n) is 2.92. The highest BCUT2D eigenvalue weighted by Gasteiger charge is 2.11. The molecule has 0 radical (unpaired) electrons. The predicted molar refractivity (Wildman–Crippen MR) is 79.0 cm³/mol. The maximum absolute atomic E-state index is 11.6. The Morgan fingerprint density at radius 2 is 2.20 bits per heavy atom. The number of amides is 1. The van der Waals surface area contributed by atoms with Crippen LogP contribution in [0.4, 0.5) is 0 Å². The van der Waals surface area contributed by atoms with Crippen molar-refractivity contribution in [2.24, 2.45) is 5.73 Å². The fourth-order valence-electron chi connectivity index (χ4n) is 1.74. The second-order valence-electron chi connectivity index (χ2n) is 4.68. The van der Waals surface area contributed by atoms with Crippen LogP contribution in [0.1, 0.15) is 38.3 Å². The highest BCUT2D eigenvalue weighted by atomic mass is 16.5. The molecule has 1 aromatic rings. The van der Waals surface area contributed by atoms with Crippen molar-refractivity contribution in [2.75, 3.05) is 20.3 Å². The molecule has 1 rings (SSSR count). The first-order valence-electron chi connectivity index (χ1n) is 6.91. The second kappa shape index (κ2) is 8.43. The molecular weight excluding hydrogens is 256 g/mol. The molecule has 1 unspecified atom stereocenters. The van der Waals surface area contributed by atoms with Crippen molar-refractivity contribution in [3.05, 3.63) is 23.8 Å². The average molecular weight is 280 g/mol. The number of nitrogens with one attached hydrogen (secondary N) is 1. The van der Waals surface area contributed by atoms with Gasteiger partial charge < -0.3 is 20.5 Å². The Labute approximate surface area is 120 Å². The van der Waals surface area contributed by atoms with Crippen molar-refractivity contribution < 1.29 is 14.3 Å². The van der Waals surface area contributed by atoms with E-state index in [-0.39, 0.29) is 18.6 Å². The molecule has 20 heavy (non-hydrogen) atoms. The van der Waals surface area contributed by atoms with Crippen LogP contribution in [-0.4, -0.2) is 26.2 Å². The molecule has 0 bridgehead atoms. The Balaban J connectivity index is 2.63. The molecular formula is C15H24N2O3. The van der Waals surface area contributed by atoms with Gasteiger partial charge in [0.2, 0.25) is 0 Å². The smallest absolute Gasteiger partial charge is 0.257 e. The lowest BCUT2D eigenvalue weighted by Gasteiger charge is -2.15. The Hall–Kier alpha value is -1.75. The van der Waals surface area contributed by atoms with Gasteiger partial charge in [-0.2, -0.15) is 0 Å². The fourth-order valence-corrected chi connectivity index (χ4v) is 1.74. The van der Waals surface area contributed by atoms with E-state index < -0.39 is 0 Å². The quantitative estimate of drug-likeness (QED) is 0.714. The second-order valence-corrected chi connectivity index (χ2v) is 4.68. The summed E-state index contributed by atoms with van der Waals surface area (Å²) >= 11 is 0. The maximum atomic E-state index is 11.6. The molecule has 1 aromatic carbocycles. The van der Waals surface area contributed by atoms with Crippen molar-refractivity contribution >= 4 is 5.91 Å². The van der Waals surface area contributed by atoms with Gasteiger partial charge in [-0.05, 0) is 19.4 Å². The van der Waals surface area contributed by atoms with Gasteiger partial charge in [-0.1, -0.05) is 19.4 Å². The lowest BCUT2D eigenvalue weighted by Crippen LogP contribution is -2.29. The summed E-state index contributed by atoms with van der Waals surface area (Å²) in [6, 6.07) is 5.26. The predicted octanol–water partition coefficient (Wildman–Crippen LogP) is 2.01. The van der Waals surface area contributed by atoms with Crippen LogP contribution < -0.4 is 20.5 Å². The molecule has 0 aliphatic heterocycles. The Morgan fingerprint density at radius 3 is 2.80 bits per heavy atom. The molecule has 0 saturated carbocycles. The molecule has 0 heterocycles. The van der Waals surface area contributed by atoms with Gasteiger partial charge in [-0.15, -0.1) is 0 Å². The Bertz CT molecular complexity index is 433. The van der Waals surface area contributed by atoms with Crippen LogP contribution in [0.25, 0.3) is 0 Å². The van der Waals surface area contributed by atoms with E-state index in [1.807, 2.05) is 19.1 Å². The highest BCUT2D eigenvalue weighted by Crippen LogP contribution is 2.28. The van der Waals surface area contributed by atoms with E-state index in [0.29, 0.717) is 18.0 Å². The third-order valence-corrected chi connectivity index (χ3v) is 2.92. The minimum Gasteiger partial charge on any atom is -0.497 e. The van der Waals surface area contributed by atoms with Crippen LogP contribution in [0.2, 0.25) is 0 Å². The fraction of sp³-hybridized carbons (Fsp3) is 0.533. The van der Waals surface area contributed by atoms with Gasteiger partial charge in [-0.3, -0.25) is 4.79 Å². The van der Waals surface area contributed by atoms with Gasteiger partial charge in [0, 0.05) is 24.2 Å². The number of ether oxygens (including phenoxy) is 2. The third kappa shape index (κ3) is 5.09. The zero-order valence-electron chi connectivity index (χ0n) is 12.4. The Kier molecular flexibility index (Phi) is 6.87. The van der Waals surface area contributed by atoms with Crippen LogP contribution in [0.5, 0.6) is 11.5 Å². The average Bonchev–Trinajstić information content (AvgIpc) is 2.44. The number of hydrogen-bond acceptors (Lipinski definition) is 4. The van der Waals surface area contributed by atoms with Gasteiger partial charge in [0.05, 0.1) is 7.11 Å². The standard InChI is InChI=1S/C15H24N2O3/c1-4-5-8-17-15(18)10-20-14-9-12(19-3)6-7-13(14)11(2)16/h6-7,9,11H,4-5,8,10,16H2,1-3H3,(H,17,18). The molecule has 0 aliphatic carbocycles. The molecule has 5 nitrogen and oxygen atoms in total. The lowest BCUT2D eigenvalue weighted by atomic mass is 10.1.